The highest BCUT2D eigenvalue weighted by Crippen LogP contribution is 2.31. The van der Waals surface area contributed by atoms with Crippen LogP contribution in [0.15, 0.2) is 36.4 Å². The molecule has 0 aliphatic heterocycles. The molecular formula is C21H19Cl2NO4. The molecule has 0 unspecified atom stereocenters. The Balaban J connectivity index is 2.02. The Morgan fingerprint density at radius 2 is 1.79 bits per heavy atom. The molecule has 3 aromatic rings. The Hall–Kier alpha value is -2.50. The number of carbonyl (C=O) groups excluding carboxylic acids is 2. The van der Waals surface area contributed by atoms with E-state index in [-0.39, 0.29) is 17.2 Å². The van der Waals surface area contributed by atoms with Gasteiger partial charge < -0.3 is 14.0 Å². The van der Waals surface area contributed by atoms with E-state index >= 15 is 0 Å². The van der Waals surface area contributed by atoms with Crippen molar-refractivity contribution in [1.29, 1.82) is 0 Å². The number of hydrogen-bond donors (Lipinski definition) is 0. The van der Waals surface area contributed by atoms with Gasteiger partial charge in [-0.25, -0.2) is 9.59 Å². The highest BCUT2D eigenvalue weighted by Gasteiger charge is 2.22. The van der Waals surface area contributed by atoms with E-state index in [9.17, 15) is 9.59 Å². The molecule has 0 bridgehead atoms. The van der Waals surface area contributed by atoms with Crippen molar-refractivity contribution in [3.63, 3.8) is 0 Å². The lowest BCUT2D eigenvalue weighted by atomic mass is 10.1. The summed E-state index contributed by atoms with van der Waals surface area (Å²) in [4.78, 5) is 25.0. The topological polar surface area (TPSA) is 57.5 Å². The van der Waals surface area contributed by atoms with Crippen molar-refractivity contribution >= 4 is 46.0 Å². The van der Waals surface area contributed by atoms with Gasteiger partial charge >= 0.3 is 11.9 Å². The van der Waals surface area contributed by atoms with Crippen LogP contribution in [0.25, 0.3) is 10.9 Å². The van der Waals surface area contributed by atoms with E-state index in [0.717, 1.165) is 11.2 Å². The maximum Gasteiger partial charge on any atom is 0.345 e. The lowest BCUT2D eigenvalue weighted by Crippen LogP contribution is -2.09. The zero-order valence-corrected chi connectivity index (χ0v) is 17.2. The summed E-state index contributed by atoms with van der Waals surface area (Å²) in [5.41, 5.74) is 2.35. The van der Waals surface area contributed by atoms with Crippen molar-refractivity contribution in [2.45, 2.75) is 27.3 Å². The van der Waals surface area contributed by atoms with E-state index in [4.69, 9.17) is 32.7 Å². The van der Waals surface area contributed by atoms with Gasteiger partial charge in [-0.15, -0.1) is 0 Å². The summed E-state index contributed by atoms with van der Waals surface area (Å²) in [6.45, 7) is 6.60. The van der Waals surface area contributed by atoms with Crippen molar-refractivity contribution in [2.75, 3.05) is 6.61 Å². The Morgan fingerprint density at radius 3 is 2.43 bits per heavy atom. The summed E-state index contributed by atoms with van der Waals surface area (Å²) in [6, 6.07) is 9.73. The summed E-state index contributed by atoms with van der Waals surface area (Å²) in [6.07, 6.45) is 0. The van der Waals surface area contributed by atoms with Crippen molar-refractivity contribution in [2.24, 2.45) is 0 Å². The first-order valence-electron chi connectivity index (χ1n) is 8.84. The maximum absolute atomic E-state index is 12.5. The van der Waals surface area contributed by atoms with E-state index in [0.29, 0.717) is 28.3 Å². The summed E-state index contributed by atoms with van der Waals surface area (Å²) < 4.78 is 12.7. The second kappa shape index (κ2) is 8.25. The first-order valence-corrected chi connectivity index (χ1v) is 9.60. The molecule has 1 heterocycles. The number of ether oxygens (including phenoxy) is 2. The molecule has 28 heavy (non-hydrogen) atoms. The quantitative estimate of drug-likeness (QED) is 0.394. The van der Waals surface area contributed by atoms with Crippen LogP contribution in [-0.2, 0) is 11.3 Å². The first-order chi connectivity index (χ1) is 13.4. The van der Waals surface area contributed by atoms with Gasteiger partial charge in [0.05, 0.1) is 22.8 Å². The van der Waals surface area contributed by atoms with E-state index in [1.165, 1.54) is 12.1 Å². The highest BCUT2D eigenvalue weighted by atomic mass is 35.5. The van der Waals surface area contributed by atoms with Gasteiger partial charge in [0.1, 0.15) is 5.75 Å². The van der Waals surface area contributed by atoms with Crippen LogP contribution in [0.1, 0.15) is 40.3 Å². The predicted molar refractivity (Wildman–Crippen MR) is 110 cm³/mol. The summed E-state index contributed by atoms with van der Waals surface area (Å²) >= 11 is 11.9. The fourth-order valence-corrected chi connectivity index (χ4v) is 3.70. The zero-order chi connectivity index (χ0) is 20.4. The number of esters is 2. The maximum atomic E-state index is 12.5. The van der Waals surface area contributed by atoms with Crippen LogP contribution >= 0.6 is 23.2 Å². The molecule has 146 valence electrons. The molecule has 0 spiro atoms. The smallest absolute Gasteiger partial charge is 0.345 e. The summed E-state index contributed by atoms with van der Waals surface area (Å²) in [5, 5.41) is 1.31. The number of nitrogens with zero attached hydrogens (tertiary/aromatic N) is 1. The Kier molecular flexibility index (Phi) is 5.96. The third-order valence-electron chi connectivity index (χ3n) is 4.45. The van der Waals surface area contributed by atoms with Gasteiger partial charge in [0, 0.05) is 28.2 Å². The Bertz CT molecular complexity index is 1070. The summed E-state index contributed by atoms with van der Waals surface area (Å²) in [5.74, 6) is -0.700. The lowest BCUT2D eigenvalue weighted by molar-refractivity contribution is 0.0527. The SMILES string of the molecule is CCOC(=O)c1c(C)n(CC)c2ccc(OC(=O)c3ccc(Cl)cc3Cl)cc12. The van der Waals surface area contributed by atoms with Crippen molar-refractivity contribution in [1.82, 2.24) is 4.57 Å². The van der Waals surface area contributed by atoms with Crippen LogP contribution in [-0.4, -0.2) is 23.1 Å². The molecule has 0 fully saturated rings. The highest BCUT2D eigenvalue weighted by molar-refractivity contribution is 6.36. The Labute approximate surface area is 172 Å². The number of rotatable bonds is 5. The second-order valence-corrected chi connectivity index (χ2v) is 6.96. The third-order valence-corrected chi connectivity index (χ3v) is 5.00. The molecule has 0 saturated heterocycles. The zero-order valence-electron chi connectivity index (χ0n) is 15.7. The van der Waals surface area contributed by atoms with Crippen LogP contribution in [0.2, 0.25) is 10.0 Å². The normalized spacial score (nSPS) is 10.9. The van der Waals surface area contributed by atoms with Crippen molar-refractivity contribution in [3.05, 3.63) is 63.3 Å². The van der Waals surface area contributed by atoms with Crippen LogP contribution in [0.5, 0.6) is 5.75 Å². The number of carbonyl (C=O) groups is 2. The van der Waals surface area contributed by atoms with Crippen LogP contribution in [0.4, 0.5) is 0 Å². The third kappa shape index (κ3) is 3.73. The van der Waals surface area contributed by atoms with Crippen LogP contribution < -0.4 is 4.74 Å². The minimum atomic E-state index is -0.606. The van der Waals surface area contributed by atoms with Gasteiger partial charge in [-0.2, -0.15) is 0 Å². The van der Waals surface area contributed by atoms with Crippen molar-refractivity contribution < 1.29 is 19.1 Å². The number of aryl methyl sites for hydroxylation is 1. The molecule has 7 heteroatoms. The second-order valence-electron chi connectivity index (χ2n) is 6.12. The number of halogens is 2. The molecule has 0 saturated carbocycles. The molecular weight excluding hydrogens is 401 g/mol. The molecule has 5 nitrogen and oxygen atoms in total. The molecule has 0 atom stereocenters. The number of fused-ring (bicyclic) bond motifs is 1. The van der Waals surface area contributed by atoms with Gasteiger partial charge in [0.15, 0.2) is 0 Å². The van der Waals surface area contributed by atoms with Crippen molar-refractivity contribution in [3.8, 4) is 5.75 Å². The summed E-state index contributed by atoms with van der Waals surface area (Å²) in [7, 11) is 0. The van der Waals surface area contributed by atoms with E-state index in [2.05, 4.69) is 0 Å². The van der Waals surface area contributed by atoms with E-state index in [1.54, 1.807) is 25.1 Å². The number of benzene rings is 2. The van der Waals surface area contributed by atoms with Gasteiger partial charge in [-0.1, -0.05) is 23.2 Å². The standard InChI is InChI=1S/C21H19Cl2NO4/c1-4-24-12(3)19(21(26)27-5-2)16-11-14(7-9-18(16)24)28-20(25)15-8-6-13(22)10-17(15)23/h6-11H,4-5H2,1-3H3. The molecule has 0 N–H and O–H groups in total. The molecule has 1 aromatic heterocycles. The number of aromatic nitrogens is 1. The molecule has 0 aliphatic carbocycles. The van der Waals surface area contributed by atoms with E-state index in [1.807, 2.05) is 24.5 Å². The minimum Gasteiger partial charge on any atom is -0.462 e. The average molecular weight is 420 g/mol. The van der Waals surface area contributed by atoms with Gasteiger partial charge in [0.25, 0.3) is 0 Å². The molecule has 2 aromatic carbocycles. The fraction of sp³-hybridized carbons (Fsp3) is 0.238. The Morgan fingerprint density at radius 1 is 1.04 bits per heavy atom. The van der Waals surface area contributed by atoms with Gasteiger partial charge in [-0.3, -0.25) is 0 Å². The molecule has 0 amide bonds. The largest absolute Gasteiger partial charge is 0.462 e. The minimum absolute atomic E-state index is 0.207. The molecule has 0 aliphatic rings. The average Bonchev–Trinajstić information content (AvgIpc) is 2.92. The lowest BCUT2D eigenvalue weighted by Gasteiger charge is -2.07. The van der Waals surface area contributed by atoms with Crippen LogP contribution in [0, 0.1) is 6.92 Å². The van der Waals surface area contributed by atoms with Gasteiger partial charge in [0.2, 0.25) is 0 Å². The van der Waals surface area contributed by atoms with E-state index < -0.39 is 11.9 Å². The fourth-order valence-electron chi connectivity index (χ4n) is 3.21. The first kappa shape index (κ1) is 20.2. The van der Waals surface area contributed by atoms with Gasteiger partial charge in [-0.05, 0) is 57.2 Å². The molecule has 3 rings (SSSR count). The number of hydrogen-bond acceptors (Lipinski definition) is 4. The predicted octanol–water partition coefficient (Wildman–Crippen LogP) is 5.67. The molecule has 0 radical (unpaired) electrons. The monoisotopic (exact) mass is 419 g/mol. The van der Waals surface area contributed by atoms with Crippen LogP contribution in [0.3, 0.4) is 0 Å².